The molecule has 0 radical (unpaired) electrons. The van der Waals surface area contributed by atoms with Crippen molar-refractivity contribution in [3.63, 3.8) is 0 Å². The molecule has 2 aromatic rings. The second-order valence-corrected chi connectivity index (χ2v) is 6.42. The molecule has 3 heterocycles. The predicted molar refractivity (Wildman–Crippen MR) is 88.0 cm³/mol. The molecule has 0 aliphatic carbocycles. The summed E-state index contributed by atoms with van der Waals surface area (Å²) in [7, 11) is 0. The molecule has 0 saturated carbocycles. The van der Waals surface area contributed by atoms with E-state index in [4.69, 9.17) is 10.00 Å². The van der Waals surface area contributed by atoms with E-state index in [1.807, 2.05) is 36.4 Å². The molecular formula is C19H19N3O. The van der Waals surface area contributed by atoms with Crippen molar-refractivity contribution in [1.82, 2.24) is 10.3 Å². The summed E-state index contributed by atoms with van der Waals surface area (Å²) in [5.41, 5.74) is 2.54. The number of hydrogen-bond acceptors (Lipinski definition) is 4. The number of pyridine rings is 1. The third kappa shape index (κ3) is 3.06. The second kappa shape index (κ2) is 6.02. The number of piperidine rings is 1. The zero-order valence-electron chi connectivity index (χ0n) is 12.9. The van der Waals surface area contributed by atoms with Crippen molar-refractivity contribution >= 4 is 0 Å². The Balaban J connectivity index is 1.50. The van der Waals surface area contributed by atoms with Crippen LogP contribution in [0.1, 0.15) is 31.2 Å². The molecular weight excluding hydrogens is 286 g/mol. The maximum atomic E-state index is 8.88. The highest BCUT2D eigenvalue weighted by molar-refractivity contribution is 5.61. The van der Waals surface area contributed by atoms with Gasteiger partial charge in [0.2, 0.25) is 0 Å². The highest BCUT2D eigenvalue weighted by atomic mass is 16.5. The maximum Gasteiger partial charge on any atom is 0.123 e. The van der Waals surface area contributed by atoms with Crippen LogP contribution < -0.4 is 10.1 Å². The Bertz CT molecular complexity index is 723. The van der Waals surface area contributed by atoms with Crippen molar-refractivity contribution in [2.45, 2.75) is 43.9 Å². The summed E-state index contributed by atoms with van der Waals surface area (Å²) in [6.45, 7) is 0. The van der Waals surface area contributed by atoms with Gasteiger partial charge in [-0.2, -0.15) is 5.26 Å². The SMILES string of the molecule is N#Cc1ccc(-c2cc(OC3C[C@H]4CC[C@@H](C3)N4)ccn2)cc1. The predicted octanol–water partition coefficient (Wildman–Crippen LogP) is 3.28. The summed E-state index contributed by atoms with van der Waals surface area (Å²) in [5, 5.41) is 12.5. The third-order valence-corrected chi connectivity index (χ3v) is 4.77. The van der Waals surface area contributed by atoms with Crippen molar-refractivity contribution < 1.29 is 4.74 Å². The Labute approximate surface area is 136 Å². The van der Waals surface area contributed by atoms with Crippen molar-refractivity contribution in [2.24, 2.45) is 0 Å². The number of nitrogens with one attached hydrogen (secondary N) is 1. The second-order valence-electron chi connectivity index (χ2n) is 6.42. The third-order valence-electron chi connectivity index (χ3n) is 4.77. The Morgan fingerprint density at radius 1 is 1.09 bits per heavy atom. The van der Waals surface area contributed by atoms with E-state index in [0.29, 0.717) is 23.8 Å². The summed E-state index contributed by atoms with van der Waals surface area (Å²) in [6, 6.07) is 14.8. The molecule has 2 fully saturated rings. The highest BCUT2D eigenvalue weighted by Gasteiger charge is 2.34. The Kier molecular flexibility index (Phi) is 3.72. The molecule has 4 nitrogen and oxygen atoms in total. The van der Waals surface area contributed by atoms with Crippen LogP contribution >= 0.6 is 0 Å². The molecule has 1 aromatic heterocycles. The summed E-state index contributed by atoms with van der Waals surface area (Å²) < 4.78 is 6.21. The van der Waals surface area contributed by atoms with Gasteiger partial charge in [0, 0.05) is 29.9 Å². The zero-order valence-corrected chi connectivity index (χ0v) is 12.9. The maximum absolute atomic E-state index is 8.88. The fourth-order valence-electron chi connectivity index (χ4n) is 3.65. The van der Waals surface area contributed by atoms with Gasteiger partial charge in [-0.15, -0.1) is 0 Å². The zero-order chi connectivity index (χ0) is 15.6. The van der Waals surface area contributed by atoms with Gasteiger partial charge in [-0.05, 0) is 43.9 Å². The number of benzene rings is 1. The summed E-state index contributed by atoms with van der Waals surface area (Å²) >= 11 is 0. The van der Waals surface area contributed by atoms with Crippen LogP contribution in [0.25, 0.3) is 11.3 Å². The molecule has 2 aliphatic rings. The standard InChI is InChI=1S/C19H19N3O/c20-12-13-1-3-14(4-2-13)19-11-17(7-8-21-19)23-18-9-15-5-6-16(10-18)22-15/h1-4,7-8,11,15-16,18,22H,5-6,9-10H2/t15-,16+,18?. The molecule has 4 heteroatoms. The molecule has 4 rings (SSSR count). The molecule has 2 aliphatic heterocycles. The first-order valence-corrected chi connectivity index (χ1v) is 8.19. The van der Waals surface area contributed by atoms with Crippen LogP contribution in [0, 0.1) is 11.3 Å². The van der Waals surface area contributed by atoms with Crippen LogP contribution in [0.2, 0.25) is 0 Å². The Hall–Kier alpha value is -2.38. The van der Waals surface area contributed by atoms with Crippen molar-refractivity contribution in [3.8, 4) is 23.1 Å². The number of ether oxygens (including phenoxy) is 1. The van der Waals surface area contributed by atoms with E-state index in [-0.39, 0.29) is 0 Å². The summed E-state index contributed by atoms with van der Waals surface area (Å²) in [4.78, 5) is 4.43. The average Bonchev–Trinajstić information content (AvgIpc) is 2.94. The molecule has 3 atom stereocenters. The van der Waals surface area contributed by atoms with Crippen LogP contribution in [-0.2, 0) is 0 Å². The molecule has 1 aromatic carbocycles. The Morgan fingerprint density at radius 2 is 1.83 bits per heavy atom. The first-order valence-electron chi connectivity index (χ1n) is 8.19. The lowest BCUT2D eigenvalue weighted by atomic mass is 10.0. The molecule has 2 bridgehead atoms. The van der Waals surface area contributed by atoms with E-state index in [9.17, 15) is 0 Å². The number of nitrogens with zero attached hydrogens (tertiary/aromatic N) is 2. The number of aromatic nitrogens is 1. The van der Waals surface area contributed by atoms with Crippen molar-refractivity contribution in [2.75, 3.05) is 0 Å². The molecule has 1 unspecified atom stereocenters. The van der Waals surface area contributed by atoms with Crippen LogP contribution in [0.4, 0.5) is 0 Å². The van der Waals surface area contributed by atoms with E-state index in [1.54, 1.807) is 6.20 Å². The van der Waals surface area contributed by atoms with Crippen LogP contribution in [0.5, 0.6) is 5.75 Å². The van der Waals surface area contributed by atoms with Crippen LogP contribution in [0.15, 0.2) is 42.6 Å². The van der Waals surface area contributed by atoms with E-state index in [1.165, 1.54) is 12.8 Å². The highest BCUT2D eigenvalue weighted by Crippen LogP contribution is 2.30. The van der Waals surface area contributed by atoms with Gasteiger partial charge in [-0.25, -0.2) is 0 Å². The first-order chi connectivity index (χ1) is 11.3. The van der Waals surface area contributed by atoms with Gasteiger partial charge in [-0.1, -0.05) is 12.1 Å². The number of nitriles is 1. The summed E-state index contributed by atoms with van der Waals surface area (Å²) in [5.74, 6) is 0.880. The number of rotatable bonds is 3. The number of fused-ring (bicyclic) bond motifs is 2. The van der Waals surface area contributed by atoms with Crippen LogP contribution in [-0.4, -0.2) is 23.2 Å². The van der Waals surface area contributed by atoms with E-state index in [2.05, 4.69) is 16.4 Å². The van der Waals surface area contributed by atoms with Gasteiger partial charge in [0.1, 0.15) is 11.9 Å². The minimum absolute atomic E-state index is 0.296. The van der Waals surface area contributed by atoms with Gasteiger partial charge in [0.05, 0.1) is 17.3 Å². The molecule has 0 amide bonds. The minimum atomic E-state index is 0.296. The number of hydrogen-bond donors (Lipinski definition) is 1. The molecule has 2 saturated heterocycles. The lowest BCUT2D eigenvalue weighted by Crippen LogP contribution is -2.42. The van der Waals surface area contributed by atoms with E-state index in [0.717, 1.165) is 29.8 Å². The van der Waals surface area contributed by atoms with Crippen molar-refractivity contribution in [1.29, 1.82) is 5.26 Å². The van der Waals surface area contributed by atoms with Gasteiger partial charge in [-0.3, -0.25) is 4.98 Å². The monoisotopic (exact) mass is 305 g/mol. The largest absolute Gasteiger partial charge is 0.490 e. The van der Waals surface area contributed by atoms with E-state index < -0.39 is 0 Å². The fraction of sp³-hybridized carbons (Fsp3) is 0.368. The van der Waals surface area contributed by atoms with Gasteiger partial charge in [0.25, 0.3) is 0 Å². The van der Waals surface area contributed by atoms with Crippen LogP contribution in [0.3, 0.4) is 0 Å². The molecule has 23 heavy (non-hydrogen) atoms. The summed E-state index contributed by atoms with van der Waals surface area (Å²) in [6.07, 6.45) is 6.81. The van der Waals surface area contributed by atoms with Crippen molar-refractivity contribution in [3.05, 3.63) is 48.2 Å². The lowest BCUT2D eigenvalue weighted by molar-refractivity contribution is 0.137. The molecule has 1 N–H and O–H groups in total. The Morgan fingerprint density at radius 3 is 2.52 bits per heavy atom. The smallest absolute Gasteiger partial charge is 0.123 e. The van der Waals surface area contributed by atoms with Gasteiger partial charge < -0.3 is 10.1 Å². The van der Waals surface area contributed by atoms with Gasteiger partial charge >= 0.3 is 0 Å². The fourth-order valence-corrected chi connectivity index (χ4v) is 3.65. The average molecular weight is 305 g/mol. The molecule has 116 valence electrons. The van der Waals surface area contributed by atoms with Gasteiger partial charge in [0.15, 0.2) is 0 Å². The quantitative estimate of drug-likeness (QED) is 0.945. The molecule has 0 spiro atoms. The lowest BCUT2D eigenvalue weighted by Gasteiger charge is -2.29. The first kappa shape index (κ1) is 14.2. The topological polar surface area (TPSA) is 57.9 Å². The van der Waals surface area contributed by atoms with E-state index >= 15 is 0 Å². The minimum Gasteiger partial charge on any atom is -0.490 e. The normalized spacial score (nSPS) is 25.8.